The molecule has 0 unspecified atom stereocenters. The van der Waals surface area contributed by atoms with Gasteiger partial charge >= 0.3 is 5.97 Å². The highest BCUT2D eigenvalue weighted by atomic mass is 32.1. The number of thiazole rings is 1. The number of esters is 1. The van der Waals surface area contributed by atoms with Crippen molar-refractivity contribution in [1.82, 2.24) is 4.98 Å². The molecule has 1 saturated carbocycles. The van der Waals surface area contributed by atoms with Crippen LogP contribution in [0.25, 0.3) is 10.2 Å². The lowest BCUT2D eigenvalue weighted by atomic mass is 9.79. The lowest BCUT2D eigenvalue weighted by Crippen LogP contribution is -2.26. The average Bonchev–Trinajstić information content (AvgIpc) is 2.90. The van der Waals surface area contributed by atoms with Crippen LogP contribution in [-0.2, 0) is 9.53 Å². The summed E-state index contributed by atoms with van der Waals surface area (Å²) in [5.41, 5.74) is 1.04. The third-order valence-corrected chi connectivity index (χ3v) is 5.07. The molecule has 1 aliphatic rings. The van der Waals surface area contributed by atoms with Gasteiger partial charge < -0.3 is 4.74 Å². The Balaban J connectivity index is 1.95. The van der Waals surface area contributed by atoms with E-state index in [4.69, 9.17) is 9.72 Å². The lowest BCUT2D eigenvalue weighted by Gasteiger charge is -2.27. The summed E-state index contributed by atoms with van der Waals surface area (Å²) in [7, 11) is 1.48. The van der Waals surface area contributed by atoms with Crippen molar-refractivity contribution in [2.24, 2.45) is 5.92 Å². The van der Waals surface area contributed by atoms with E-state index in [9.17, 15) is 4.79 Å². The van der Waals surface area contributed by atoms with Gasteiger partial charge in [0.1, 0.15) is 0 Å². The molecule has 1 aliphatic carbocycles. The van der Waals surface area contributed by atoms with Crippen LogP contribution in [0.15, 0.2) is 24.3 Å². The third-order valence-electron chi connectivity index (χ3n) is 3.90. The summed E-state index contributed by atoms with van der Waals surface area (Å²) < 4.78 is 6.15. The zero-order valence-corrected chi connectivity index (χ0v) is 11.8. The number of aromatic nitrogens is 1. The van der Waals surface area contributed by atoms with Gasteiger partial charge in [0.05, 0.1) is 28.3 Å². The van der Waals surface area contributed by atoms with Crippen molar-refractivity contribution >= 4 is 27.5 Å². The van der Waals surface area contributed by atoms with Gasteiger partial charge in [0.25, 0.3) is 0 Å². The van der Waals surface area contributed by atoms with E-state index in [0.717, 1.165) is 29.8 Å². The number of nitrogens with zero attached hydrogens (tertiary/aromatic N) is 1. The summed E-state index contributed by atoms with van der Waals surface area (Å²) in [6, 6.07) is 8.16. The first-order valence-electron chi connectivity index (χ1n) is 6.73. The summed E-state index contributed by atoms with van der Waals surface area (Å²) in [6.45, 7) is 0. The molecule has 1 heterocycles. The summed E-state index contributed by atoms with van der Waals surface area (Å²) in [4.78, 5) is 16.6. The lowest BCUT2D eigenvalue weighted by molar-refractivity contribution is -0.147. The summed E-state index contributed by atoms with van der Waals surface area (Å²) >= 11 is 1.72. The zero-order chi connectivity index (χ0) is 13.2. The molecule has 3 nitrogen and oxygen atoms in total. The molecule has 2 atom stereocenters. The van der Waals surface area contributed by atoms with E-state index in [1.54, 1.807) is 11.3 Å². The molecule has 4 heteroatoms. The molecule has 3 rings (SSSR count). The Labute approximate surface area is 116 Å². The molecule has 100 valence electrons. The van der Waals surface area contributed by atoms with Crippen LogP contribution in [0.4, 0.5) is 0 Å². The first-order chi connectivity index (χ1) is 9.29. The molecule has 1 aromatic carbocycles. The van der Waals surface area contributed by atoms with Gasteiger partial charge in [0, 0.05) is 5.92 Å². The second kappa shape index (κ2) is 5.29. The number of methoxy groups -OCH3 is 1. The second-order valence-corrected chi connectivity index (χ2v) is 6.10. The Morgan fingerprint density at radius 1 is 1.32 bits per heavy atom. The topological polar surface area (TPSA) is 39.2 Å². The highest BCUT2D eigenvalue weighted by Crippen LogP contribution is 2.41. The average molecular weight is 275 g/mol. The van der Waals surface area contributed by atoms with Gasteiger partial charge in [-0.25, -0.2) is 4.98 Å². The Kier molecular flexibility index (Phi) is 3.51. The highest BCUT2D eigenvalue weighted by Gasteiger charge is 2.34. The molecule has 1 aromatic heterocycles. The Morgan fingerprint density at radius 3 is 2.89 bits per heavy atom. The van der Waals surface area contributed by atoms with E-state index < -0.39 is 0 Å². The number of carbonyl (C=O) groups is 1. The molecule has 19 heavy (non-hydrogen) atoms. The summed E-state index contributed by atoms with van der Waals surface area (Å²) in [5.74, 6) is 0.141. The maximum absolute atomic E-state index is 11.9. The Hall–Kier alpha value is -1.42. The van der Waals surface area contributed by atoms with Gasteiger partial charge in [-0.1, -0.05) is 25.0 Å². The standard InChI is InChI=1S/C15H17NO2S/c1-18-15(17)11-7-3-2-6-10(11)14-16-12-8-4-5-9-13(12)19-14/h4-5,8-11H,2-3,6-7H2,1H3/t10-,11+/m1/s1. The minimum Gasteiger partial charge on any atom is -0.469 e. The van der Waals surface area contributed by atoms with Gasteiger partial charge in [0.2, 0.25) is 0 Å². The van der Waals surface area contributed by atoms with E-state index in [1.807, 2.05) is 18.2 Å². The van der Waals surface area contributed by atoms with Crippen LogP contribution < -0.4 is 0 Å². The van der Waals surface area contributed by atoms with Crippen LogP contribution in [0.2, 0.25) is 0 Å². The molecular formula is C15H17NO2S. The summed E-state index contributed by atoms with van der Waals surface area (Å²) in [5, 5.41) is 1.09. The fraction of sp³-hybridized carbons (Fsp3) is 0.467. The van der Waals surface area contributed by atoms with Crippen molar-refractivity contribution in [2.75, 3.05) is 7.11 Å². The second-order valence-electron chi connectivity index (χ2n) is 5.04. The van der Waals surface area contributed by atoms with Gasteiger partial charge in [-0.3, -0.25) is 4.79 Å². The highest BCUT2D eigenvalue weighted by molar-refractivity contribution is 7.18. The monoisotopic (exact) mass is 275 g/mol. The number of ether oxygens (including phenoxy) is 1. The van der Waals surface area contributed by atoms with Crippen molar-refractivity contribution in [1.29, 1.82) is 0 Å². The van der Waals surface area contributed by atoms with Gasteiger partial charge in [-0.15, -0.1) is 11.3 Å². The Morgan fingerprint density at radius 2 is 2.11 bits per heavy atom. The van der Waals surface area contributed by atoms with Crippen molar-refractivity contribution in [3.8, 4) is 0 Å². The van der Waals surface area contributed by atoms with Crippen molar-refractivity contribution in [3.63, 3.8) is 0 Å². The van der Waals surface area contributed by atoms with Gasteiger partial charge in [-0.2, -0.15) is 0 Å². The smallest absolute Gasteiger partial charge is 0.309 e. The molecule has 0 spiro atoms. The van der Waals surface area contributed by atoms with E-state index in [1.165, 1.54) is 18.2 Å². The van der Waals surface area contributed by atoms with E-state index in [-0.39, 0.29) is 17.8 Å². The first kappa shape index (κ1) is 12.6. The summed E-state index contributed by atoms with van der Waals surface area (Å²) in [6.07, 6.45) is 4.25. The molecule has 0 amide bonds. The number of hydrogen-bond donors (Lipinski definition) is 0. The van der Waals surface area contributed by atoms with E-state index >= 15 is 0 Å². The largest absolute Gasteiger partial charge is 0.469 e. The van der Waals surface area contributed by atoms with Crippen LogP contribution in [-0.4, -0.2) is 18.1 Å². The van der Waals surface area contributed by atoms with Crippen LogP contribution in [0, 0.1) is 5.92 Å². The molecule has 0 N–H and O–H groups in total. The van der Waals surface area contributed by atoms with Crippen molar-refractivity contribution < 1.29 is 9.53 Å². The van der Waals surface area contributed by atoms with Gasteiger partial charge in [0.15, 0.2) is 0 Å². The maximum Gasteiger partial charge on any atom is 0.309 e. The minimum absolute atomic E-state index is 0.0145. The Bertz CT molecular complexity index is 560. The maximum atomic E-state index is 11.9. The molecule has 0 bridgehead atoms. The third kappa shape index (κ3) is 2.37. The fourth-order valence-electron chi connectivity index (χ4n) is 2.91. The van der Waals surface area contributed by atoms with E-state index in [0.29, 0.717) is 0 Å². The molecule has 0 radical (unpaired) electrons. The van der Waals surface area contributed by atoms with Crippen LogP contribution in [0.1, 0.15) is 36.6 Å². The fourth-order valence-corrected chi connectivity index (χ4v) is 4.08. The number of hydrogen-bond acceptors (Lipinski definition) is 4. The number of benzene rings is 1. The molecular weight excluding hydrogens is 258 g/mol. The first-order valence-corrected chi connectivity index (χ1v) is 7.54. The quantitative estimate of drug-likeness (QED) is 0.784. The zero-order valence-electron chi connectivity index (χ0n) is 11.0. The molecule has 1 fully saturated rings. The van der Waals surface area contributed by atoms with Gasteiger partial charge in [-0.05, 0) is 25.0 Å². The van der Waals surface area contributed by atoms with E-state index in [2.05, 4.69) is 6.07 Å². The molecule has 2 aromatic rings. The number of rotatable bonds is 2. The number of fused-ring (bicyclic) bond motifs is 1. The number of para-hydroxylation sites is 1. The molecule has 0 saturated heterocycles. The normalized spacial score (nSPS) is 23.4. The predicted molar refractivity (Wildman–Crippen MR) is 76.3 cm³/mol. The van der Waals surface area contributed by atoms with Crippen LogP contribution in [0.3, 0.4) is 0 Å². The SMILES string of the molecule is COC(=O)[C@H]1CCCC[C@H]1c1nc2ccccc2s1. The predicted octanol–water partition coefficient (Wildman–Crippen LogP) is 3.74. The molecule has 0 aliphatic heterocycles. The van der Waals surface area contributed by atoms with Crippen molar-refractivity contribution in [3.05, 3.63) is 29.3 Å². The van der Waals surface area contributed by atoms with Crippen LogP contribution >= 0.6 is 11.3 Å². The minimum atomic E-state index is -0.0797. The van der Waals surface area contributed by atoms with Crippen molar-refractivity contribution in [2.45, 2.75) is 31.6 Å². The number of carbonyl (C=O) groups excluding carboxylic acids is 1. The van der Waals surface area contributed by atoms with Crippen LogP contribution in [0.5, 0.6) is 0 Å².